The van der Waals surface area contributed by atoms with Gasteiger partial charge in [-0.15, -0.1) is 0 Å². The summed E-state index contributed by atoms with van der Waals surface area (Å²) in [4.78, 5) is 23.4. The van der Waals surface area contributed by atoms with Gasteiger partial charge in [-0.3, -0.25) is 4.79 Å². The second-order valence-electron chi connectivity index (χ2n) is 11.9. The molecule has 1 aliphatic rings. The van der Waals surface area contributed by atoms with E-state index in [0.717, 1.165) is 40.9 Å². The van der Waals surface area contributed by atoms with Gasteiger partial charge >= 0.3 is 5.63 Å². The second-order valence-corrected chi connectivity index (χ2v) is 11.9. The maximum absolute atomic E-state index is 11.9. The molecule has 5 heteroatoms. The van der Waals surface area contributed by atoms with Crippen molar-refractivity contribution in [3.63, 3.8) is 0 Å². The molecular weight excluding hydrogens is 620 g/mol. The van der Waals surface area contributed by atoms with E-state index in [0.29, 0.717) is 28.2 Å². The number of para-hydroxylation sites is 3. The summed E-state index contributed by atoms with van der Waals surface area (Å²) in [5, 5.41) is 1.57. The molecule has 3 heterocycles. The number of hydrogen-bond acceptors (Lipinski definition) is 5. The van der Waals surface area contributed by atoms with Crippen molar-refractivity contribution in [2.24, 2.45) is 0 Å². The third-order valence-corrected chi connectivity index (χ3v) is 8.58. The predicted molar refractivity (Wildman–Crippen MR) is 201 cm³/mol. The van der Waals surface area contributed by atoms with Crippen LogP contribution >= 0.6 is 0 Å². The molecule has 0 saturated heterocycles. The summed E-state index contributed by atoms with van der Waals surface area (Å²) in [5.41, 5.74) is 6.47. The minimum Gasteiger partial charge on any atom is -0.493 e. The third kappa shape index (κ3) is 7.48. The van der Waals surface area contributed by atoms with Crippen LogP contribution in [-0.2, 0) is 6.42 Å². The molecule has 0 fully saturated rings. The highest BCUT2D eigenvalue weighted by molar-refractivity contribution is 5.93. The highest BCUT2D eigenvalue weighted by Crippen LogP contribution is 2.32. The first-order valence-corrected chi connectivity index (χ1v) is 16.5. The summed E-state index contributed by atoms with van der Waals surface area (Å²) in [5.74, 6) is 2.15. The normalized spacial score (nSPS) is 13.2. The number of benzene rings is 6. The van der Waals surface area contributed by atoms with Crippen LogP contribution in [0.1, 0.15) is 17.0 Å². The van der Waals surface area contributed by atoms with E-state index in [4.69, 9.17) is 13.6 Å². The molecule has 0 radical (unpaired) electrons. The zero-order valence-electron chi connectivity index (χ0n) is 27.3. The van der Waals surface area contributed by atoms with E-state index >= 15 is 0 Å². The Bertz CT molecular complexity index is 2440. The van der Waals surface area contributed by atoms with E-state index < -0.39 is 0 Å². The van der Waals surface area contributed by atoms with Crippen LogP contribution in [0, 0.1) is 0 Å². The molecule has 0 amide bonds. The Kier molecular flexibility index (Phi) is 9.75. The van der Waals surface area contributed by atoms with Crippen molar-refractivity contribution in [2.75, 3.05) is 6.61 Å². The Morgan fingerprint density at radius 2 is 1.06 bits per heavy atom. The standard InChI is InChI=1S/2C15H10O2.C15H14O/c16-13-10-15(11-6-2-1-3-7-11)17-14-9-5-4-8-12(13)14;16-15-10-13(11-6-2-1-3-7-11)12-8-4-5-9-14(12)17-15;1-2-6-12(7-3-1)14-10-13-8-4-5-9-15(13)16-11-14/h2*1-10H;1-9,14H,10-11H2. The number of ether oxygens (including phenoxy) is 1. The molecule has 0 spiro atoms. The maximum atomic E-state index is 11.9. The van der Waals surface area contributed by atoms with E-state index in [1.165, 1.54) is 23.3 Å². The van der Waals surface area contributed by atoms with Crippen LogP contribution in [0.2, 0.25) is 0 Å². The van der Waals surface area contributed by atoms with Crippen molar-refractivity contribution in [3.8, 4) is 28.2 Å². The number of hydrogen-bond donors (Lipinski definition) is 0. The van der Waals surface area contributed by atoms with Crippen molar-refractivity contribution in [1.82, 2.24) is 0 Å². The lowest BCUT2D eigenvalue weighted by Crippen LogP contribution is -2.18. The first kappa shape index (κ1) is 32.1. The van der Waals surface area contributed by atoms with Gasteiger partial charge in [-0.2, -0.15) is 0 Å². The van der Waals surface area contributed by atoms with Gasteiger partial charge in [-0.05, 0) is 52.9 Å². The molecule has 9 rings (SSSR count). The van der Waals surface area contributed by atoms with E-state index in [9.17, 15) is 9.59 Å². The molecule has 0 bridgehead atoms. The van der Waals surface area contributed by atoms with Gasteiger partial charge in [0.05, 0.1) is 12.0 Å². The lowest BCUT2D eigenvalue weighted by atomic mass is 9.90. The summed E-state index contributed by atoms with van der Waals surface area (Å²) >= 11 is 0. The Morgan fingerprint density at radius 1 is 0.500 bits per heavy atom. The molecule has 1 unspecified atom stereocenters. The van der Waals surface area contributed by atoms with Gasteiger partial charge in [0, 0.05) is 29.0 Å². The molecular formula is C45H34O5. The van der Waals surface area contributed by atoms with Gasteiger partial charge in [-0.1, -0.05) is 140 Å². The summed E-state index contributed by atoms with van der Waals surface area (Å²) in [6.45, 7) is 0.793. The van der Waals surface area contributed by atoms with E-state index in [2.05, 4.69) is 48.5 Å². The SMILES string of the molecule is O=c1cc(-c2ccccc2)c2ccccc2o1.O=c1cc(-c2ccccc2)oc2ccccc12.c1ccc(C2COc3ccccc3C2)cc1. The minimum atomic E-state index is -0.317. The molecule has 5 nitrogen and oxygen atoms in total. The smallest absolute Gasteiger partial charge is 0.336 e. The Balaban J connectivity index is 0.000000118. The van der Waals surface area contributed by atoms with Crippen LogP contribution in [0.4, 0.5) is 0 Å². The lowest BCUT2D eigenvalue weighted by Gasteiger charge is -2.25. The lowest BCUT2D eigenvalue weighted by molar-refractivity contribution is 0.262. The monoisotopic (exact) mass is 654 g/mol. The largest absolute Gasteiger partial charge is 0.493 e. The Hall–Kier alpha value is -6.46. The second kappa shape index (κ2) is 15.2. The quantitative estimate of drug-likeness (QED) is 0.177. The van der Waals surface area contributed by atoms with Crippen molar-refractivity contribution in [3.05, 3.63) is 208 Å². The van der Waals surface area contributed by atoms with Crippen molar-refractivity contribution >= 4 is 21.9 Å². The van der Waals surface area contributed by atoms with Crippen molar-refractivity contribution < 1.29 is 13.6 Å². The van der Waals surface area contributed by atoms with Gasteiger partial charge < -0.3 is 13.6 Å². The average molecular weight is 655 g/mol. The molecule has 8 aromatic rings. The molecule has 0 aliphatic carbocycles. The van der Waals surface area contributed by atoms with E-state index in [-0.39, 0.29) is 11.1 Å². The van der Waals surface area contributed by atoms with Crippen LogP contribution in [0.25, 0.3) is 44.4 Å². The van der Waals surface area contributed by atoms with Crippen LogP contribution in [0.15, 0.2) is 194 Å². The highest BCUT2D eigenvalue weighted by Gasteiger charge is 2.20. The van der Waals surface area contributed by atoms with Gasteiger partial charge in [-0.25, -0.2) is 4.79 Å². The Morgan fingerprint density at radius 3 is 1.78 bits per heavy atom. The first-order chi connectivity index (χ1) is 24.6. The fourth-order valence-electron chi connectivity index (χ4n) is 6.08. The summed E-state index contributed by atoms with van der Waals surface area (Å²) < 4.78 is 16.7. The molecule has 6 aromatic carbocycles. The van der Waals surface area contributed by atoms with Crippen molar-refractivity contribution in [2.45, 2.75) is 12.3 Å². The molecule has 50 heavy (non-hydrogen) atoms. The molecule has 2 aromatic heterocycles. The minimum absolute atomic E-state index is 0.00861. The first-order valence-electron chi connectivity index (χ1n) is 16.5. The van der Waals surface area contributed by atoms with Gasteiger partial charge in [0.2, 0.25) is 0 Å². The zero-order valence-corrected chi connectivity index (χ0v) is 27.3. The van der Waals surface area contributed by atoms with Crippen LogP contribution < -0.4 is 15.8 Å². The molecule has 1 atom stereocenters. The number of rotatable bonds is 3. The summed E-state index contributed by atoms with van der Waals surface area (Å²) in [7, 11) is 0. The van der Waals surface area contributed by atoms with Gasteiger partial charge in [0.25, 0.3) is 0 Å². The highest BCUT2D eigenvalue weighted by atomic mass is 16.5. The third-order valence-electron chi connectivity index (χ3n) is 8.58. The fraction of sp³-hybridized carbons (Fsp3) is 0.0667. The van der Waals surface area contributed by atoms with E-state index in [1.54, 1.807) is 6.07 Å². The molecule has 0 saturated carbocycles. The molecule has 244 valence electrons. The molecule has 1 aliphatic heterocycles. The maximum Gasteiger partial charge on any atom is 0.336 e. The van der Waals surface area contributed by atoms with E-state index in [1.807, 2.05) is 109 Å². The summed E-state index contributed by atoms with van der Waals surface area (Å²) in [6, 6.07) is 56.3. The van der Waals surface area contributed by atoms with Crippen molar-refractivity contribution in [1.29, 1.82) is 0 Å². The van der Waals surface area contributed by atoms with Crippen LogP contribution in [-0.4, -0.2) is 6.61 Å². The van der Waals surface area contributed by atoms with Gasteiger partial charge in [0.15, 0.2) is 5.43 Å². The number of fused-ring (bicyclic) bond motifs is 3. The summed E-state index contributed by atoms with van der Waals surface area (Å²) in [6.07, 6.45) is 1.08. The topological polar surface area (TPSA) is 69.7 Å². The van der Waals surface area contributed by atoms with Crippen LogP contribution in [0.5, 0.6) is 5.75 Å². The zero-order chi connectivity index (χ0) is 34.1. The average Bonchev–Trinajstić information content (AvgIpc) is 3.19. The molecule has 0 N–H and O–H groups in total. The fourth-order valence-corrected chi connectivity index (χ4v) is 6.08. The Labute approximate surface area is 289 Å². The van der Waals surface area contributed by atoms with Crippen LogP contribution in [0.3, 0.4) is 0 Å². The predicted octanol–water partition coefficient (Wildman–Crippen LogP) is 10.3. The van der Waals surface area contributed by atoms with Gasteiger partial charge in [0.1, 0.15) is 22.7 Å².